The molecule has 1 aliphatic heterocycles. The first-order valence-corrected chi connectivity index (χ1v) is 18.2. The van der Waals surface area contributed by atoms with Crippen LogP contribution >= 0.6 is 0 Å². The molecule has 1 aliphatic rings. The summed E-state index contributed by atoms with van der Waals surface area (Å²) in [5.41, 5.74) is -0.563. The van der Waals surface area contributed by atoms with E-state index in [2.05, 4.69) is 41.0 Å². The van der Waals surface area contributed by atoms with Crippen LogP contribution in [0.1, 0.15) is 54.7 Å². The molecule has 0 saturated carbocycles. The van der Waals surface area contributed by atoms with Gasteiger partial charge in [-0.1, -0.05) is 34.6 Å². The first kappa shape index (κ1) is 38.2. The second-order valence-corrected chi connectivity index (χ2v) is 17.5. The maximum Gasteiger partial charge on any atom is 0.302 e. The highest BCUT2D eigenvalue weighted by Crippen LogP contribution is 2.43. The molecular formula is C29H47N5O12Si. The number of aliphatic hydroxyl groups excluding tert-OH is 1. The van der Waals surface area contributed by atoms with Crippen molar-refractivity contribution in [3.05, 3.63) is 16.7 Å². The van der Waals surface area contributed by atoms with Crippen LogP contribution in [0.2, 0.25) is 18.1 Å². The monoisotopic (exact) mass is 685 g/mol. The third-order valence-electron chi connectivity index (χ3n) is 7.73. The van der Waals surface area contributed by atoms with Gasteiger partial charge in [-0.15, -0.1) is 0 Å². The highest BCUT2D eigenvalue weighted by Gasteiger charge is 2.52. The molecular weight excluding hydrogens is 638 g/mol. The summed E-state index contributed by atoms with van der Waals surface area (Å²) in [7, 11) is -2.53. The third-order valence-corrected chi connectivity index (χ3v) is 12.2. The Morgan fingerprint density at radius 3 is 2.17 bits per heavy atom. The number of H-pyrrole nitrogens is 1. The molecule has 0 spiro atoms. The molecule has 4 atom stereocenters. The van der Waals surface area contributed by atoms with Crippen molar-refractivity contribution in [1.82, 2.24) is 19.5 Å². The Hall–Kier alpha value is -3.26. The predicted octanol–water partition coefficient (Wildman–Crippen LogP) is 1.82. The fraction of sp³-hybridized carbons (Fsp3) is 0.724. The Kier molecular flexibility index (Phi) is 13.2. The van der Waals surface area contributed by atoms with E-state index in [1.807, 2.05) is 13.1 Å². The second-order valence-electron chi connectivity index (χ2n) is 12.8. The van der Waals surface area contributed by atoms with E-state index < -0.39 is 63.4 Å². The van der Waals surface area contributed by atoms with Crippen molar-refractivity contribution in [2.45, 2.75) is 97.6 Å². The molecule has 264 valence electrons. The van der Waals surface area contributed by atoms with Gasteiger partial charge in [0.25, 0.3) is 12.0 Å². The number of fused-ring (bicyclic) bond motifs is 1. The van der Waals surface area contributed by atoms with Gasteiger partial charge in [-0.25, -0.2) is 4.98 Å². The van der Waals surface area contributed by atoms with Gasteiger partial charge in [0, 0.05) is 19.8 Å². The minimum Gasteiger partial charge on any atom is -0.463 e. The van der Waals surface area contributed by atoms with Gasteiger partial charge in [0.15, 0.2) is 25.7 Å². The fourth-order valence-corrected chi connectivity index (χ4v) is 5.55. The number of imidazole rings is 1. The number of ether oxygens (including phenoxy) is 6. The number of anilines is 1. The number of carbonyl (C=O) groups is 3. The van der Waals surface area contributed by atoms with Crippen LogP contribution in [0.15, 0.2) is 11.1 Å². The van der Waals surface area contributed by atoms with E-state index in [1.165, 1.54) is 24.7 Å². The highest BCUT2D eigenvalue weighted by molar-refractivity contribution is 6.74. The molecule has 2 aromatic heterocycles. The summed E-state index contributed by atoms with van der Waals surface area (Å²) in [5, 5.41) is 12.8. The lowest BCUT2D eigenvalue weighted by molar-refractivity contribution is -0.320. The Morgan fingerprint density at radius 2 is 1.66 bits per heavy atom. The number of aromatic nitrogens is 4. The first-order chi connectivity index (χ1) is 21.9. The minimum atomic E-state index is -2.53. The van der Waals surface area contributed by atoms with Crippen LogP contribution in [0.5, 0.6) is 0 Å². The molecule has 1 amide bonds. The molecule has 0 aliphatic carbocycles. The molecule has 1 fully saturated rings. The summed E-state index contributed by atoms with van der Waals surface area (Å²) in [6.45, 7) is 13.9. The van der Waals surface area contributed by atoms with Crippen LogP contribution in [-0.4, -0.2) is 109 Å². The number of amides is 1. The van der Waals surface area contributed by atoms with Crippen molar-refractivity contribution >= 4 is 43.3 Å². The molecule has 18 heteroatoms. The van der Waals surface area contributed by atoms with Gasteiger partial charge >= 0.3 is 11.9 Å². The number of aromatic amines is 1. The summed E-state index contributed by atoms with van der Waals surface area (Å²) in [6, 6.07) is 0. The number of nitrogens with zero attached hydrogens (tertiary/aromatic N) is 3. The number of aliphatic hydroxyl groups is 1. The molecule has 0 aromatic carbocycles. The SMILES string of the molecule is CC(=O)OCCOC(OCCOC(C)=O)OC1C(O[Si](C)(C)C(C)(C)C)[C@@H](CO)O[C@H]1n1cnc2c(=O)[nH]c(NC(=O)C(C)C)nc21. The quantitative estimate of drug-likeness (QED) is 0.0996. The minimum absolute atomic E-state index is 0.0315. The van der Waals surface area contributed by atoms with Crippen molar-refractivity contribution in [1.29, 1.82) is 0 Å². The summed E-state index contributed by atoms with van der Waals surface area (Å²) in [4.78, 5) is 59.1. The molecule has 0 radical (unpaired) electrons. The van der Waals surface area contributed by atoms with Gasteiger partial charge in [-0.2, -0.15) is 4.98 Å². The Labute approximate surface area is 273 Å². The molecule has 17 nitrogen and oxygen atoms in total. The summed E-state index contributed by atoms with van der Waals surface area (Å²) in [6.07, 6.45) is -2.58. The van der Waals surface area contributed by atoms with Crippen molar-refractivity contribution in [2.24, 2.45) is 5.92 Å². The second kappa shape index (κ2) is 16.2. The smallest absolute Gasteiger partial charge is 0.302 e. The van der Waals surface area contributed by atoms with Crippen LogP contribution in [0, 0.1) is 5.92 Å². The number of nitrogens with one attached hydrogen (secondary N) is 2. The molecule has 3 rings (SSSR count). The van der Waals surface area contributed by atoms with Crippen molar-refractivity contribution in [2.75, 3.05) is 38.4 Å². The van der Waals surface area contributed by atoms with Gasteiger partial charge in [-0.3, -0.25) is 34.0 Å². The van der Waals surface area contributed by atoms with Gasteiger partial charge < -0.3 is 38.0 Å². The predicted molar refractivity (Wildman–Crippen MR) is 169 cm³/mol. The van der Waals surface area contributed by atoms with Crippen LogP contribution in [0.25, 0.3) is 11.2 Å². The van der Waals surface area contributed by atoms with E-state index in [-0.39, 0.29) is 60.4 Å². The Morgan fingerprint density at radius 1 is 1.06 bits per heavy atom. The maximum atomic E-state index is 12.9. The summed E-state index contributed by atoms with van der Waals surface area (Å²) < 4.78 is 42.4. The Bertz CT molecular complexity index is 1420. The number of carbonyl (C=O) groups excluding carboxylic acids is 3. The van der Waals surface area contributed by atoms with Gasteiger partial charge in [-0.05, 0) is 18.1 Å². The lowest BCUT2D eigenvalue weighted by Gasteiger charge is -2.40. The van der Waals surface area contributed by atoms with Crippen molar-refractivity contribution in [3.8, 4) is 0 Å². The zero-order valence-electron chi connectivity index (χ0n) is 28.4. The molecule has 47 heavy (non-hydrogen) atoms. The number of rotatable bonds is 16. The van der Waals surface area contributed by atoms with Crippen LogP contribution in [0.4, 0.5) is 5.95 Å². The zero-order valence-corrected chi connectivity index (χ0v) is 29.4. The van der Waals surface area contributed by atoms with Crippen LogP contribution < -0.4 is 10.9 Å². The van der Waals surface area contributed by atoms with E-state index >= 15 is 0 Å². The highest BCUT2D eigenvalue weighted by atomic mass is 28.4. The maximum absolute atomic E-state index is 12.9. The van der Waals surface area contributed by atoms with Crippen LogP contribution in [0.3, 0.4) is 0 Å². The number of hydrogen-bond donors (Lipinski definition) is 3. The normalized spacial score (nSPS) is 20.3. The molecule has 0 bridgehead atoms. The van der Waals surface area contributed by atoms with E-state index in [4.69, 9.17) is 32.8 Å². The first-order valence-electron chi connectivity index (χ1n) is 15.3. The van der Waals surface area contributed by atoms with E-state index in [9.17, 15) is 24.3 Å². The molecule has 2 aromatic rings. The average molecular weight is 686 g/mol. The van der Waals surface area contributed by atoms with Gasteiger partial charge in [0.1, 0.15) is 31.5 Å². The molecule has 1 saturated heterocycles. The fourth-order valence-electron chi connectivity index (χ4n) is 4.23. The number of esters is 2. The summed E-state index contributed by atoms with van der Waals surface area (Å²) in [5.74, 6) is -1.84. The zero-order chi connectivity index (χ0) is 35.1. The Balaban J connectivity index is 2.06. The molecule has 3 N–H and O–H groups in total. The van der Waals surface area contributed by atoms with Crippen molar-refractivity contribution < 1.29 is 52.3 Å². The lowest BCUT2D eigenvalue weighted by Crippen LogP contribution is -2.51. The van der Waals surface area contributed by atoms with Crippen molar-refractivity contribution in [3.63, 3.8) is 0 Å². The van der Waals surface area contributed by atoms with E-state index in [0.29, 0.717) is 0 Å². The van der Waals surface area contributed by atoms with E-state index in [1.54, 1.807) is 13.8 Å². The topological polar surface area (TPSA) is 212 Å². The molecule has 2 unspecified atom stereocenters. The standard InChI is InChI=1S/C29H47N5O12Si/c1-16(2)24(38)32-27-31-23-20(25(39)33-27)30-15-34(23)26-22(21(19(14-35)44-26)46-47(8,9)29(5,6)7)45-28(42-12-10-40-17(3)36)43-13-11-41-18(4)37/h15-16,19,21-22,26,28,35H,10-14H2,1-9H3,(H2,31,32,33,38,39)/t19-,21?,22?,26-/m1/s1. The van der Waals surface area contributed by atoms with Gasteiger partial charge in [0.05, 0.1) is 26.1 Å². The largest absolute Gasteiger partial charge is 0.463 e. The number of hydrogen-bond acceptors (Lipinski definition) is 14. The average Bonchev–Trinajstić information content (AvgIpc) is 3.53. The van der Waals surface area contributed by atoms with E-state index in [0.717, 1.165) is 0 Å². The van der Waals surface area contributed by atoms with Gasteiger partial charge in [0.2, 0.25) is 11.9 Å². The third kappa shape index (κ3) is 10.1. The molecule has 3 heterocycles. The summed E-state index contributed by atoms with van der Waals surface area (Å²) >= 11 is 0. The lowest BCUT2D eigenvalue weighted by atomic mass is 10.1. The van der Waals surface area contributed by atoms with Crippen LogP contribution in [-0.2, 0) is 47.2 Å².